The normalized spacial score (nSPS) is 12.5. The van der Waals surface area contributed by atoms with E-state index in [0.29, 0.717) is 12.9 Å². The van der Waals surface area contributed by atoms with E-state index < -0.39 is 12.0 Å². The Kier molecular flexibility index (Phi) is 5.88. The summed E-state index contributed by atoms with van der Waals surface area (Å²) >= 11 is 0. The maximum Gasteiger partial charge on any atom is 0.320 e. The van der Waals surface area contributed by atoms with Crippen LogP contribution >= 0.6 is 0 Å². The highest BCUT2D eigenvalue weighted by Crippen LogP contribution is 1.91. The molecule has 0 fully saturated rings. The molecule has 0 aliphatic rings. The van der Waals surface area contributed by atoms with E-state index in [1.165, 1.54) is 7.48 Å². The third kappa shape index (κ3) is 4.81. The second-order valence-corrected chi connectivity index (χ2v) is 2.04. The molecule has 0 aromatic carbocycles. The number of hydrogen-bond acceptors (Lipinski definition) is 3. The number of carboxylic acid groups (broad SMARTS) is 1. The molecule has 1 unspecified atom stereocenters. The molecule has 1 atom stereocenters. The molecule has 0 saturated heterocycles. The van der Waals surface area contributed by atoms with Crippen molar-refractivity contribution < 1.29 is 14.6 Å². The molecule has 0 heterocycles. The number of aliphatic carboxylic acids is 1. The Labute approximate surface area is 67.2 Å². The molecule has 11 heavy (non-hydrogen) atoms. The maximum atomic E-state index is 10.4. The Morgan fingerprint density at radius 2 is 2.45 bits per heavy atom. The SMILES string of the molecule is CCO[B]CC(NC)C(=O)O. The lowest BCUT2D eigenvalue weighted by Gasteiger charge is -2.08. The van der Waals surface area contributed by atoms with Gasteiger partial charge in [-0.05, 0) is 20.3 Å². The number of likely N-dealkylation sites (N-methyl/N-ethyl adjacent to an activating group) is 1. The Balaban J connectivity index is 3.44. The van der Waals surface area contributed by atoms with Gasteiger partial charge in [-0.1, -0.05) is 0 Å². The molecule has 0 aromatic rings. The molecule has 0 aromatic heterocycles. The zero-order chi connectivity index (χ0) is 8.69. The van der Waals surface area contributed by atoms with Crippen molar-refractivity contribution in [1.29, 1.82) is 0 Å². The van der Waals surface area contributed by atoms with E-state index in [2.05, 4.69) is 5.32 Å². The summed E-state index contributed by atoms with van der Waals surface area (Å²) in [5, 5.41) is 11.2. The molecule has 0 aliphatic heterocycles. The number of carbonyl (C=O) groups is 1. The van der Waals surface area contributed by atoms with Crippen molar-refractivity contribution in [3.63, 3.8) is 0 Å². The molecular formula is C6H13BNO3. The summed E-state index contributed by atoms with van der Waals surface area (Å²) in [6, 6.07) is -0.540. The summed E-state index contributed by atoms with van der Waals surface area (Å²) in [7, 11) is 3.12. The van der Waals surface area contributed by atoms with Gasteiger partial charge in [0.05, 0.1) is 0 Å². The molecule has 1 radical (unpaired) electrons. The van der Waals surface area contributed by atoms with Crippen molar-refractivity contribution in [3.05, 3.63) is 0 Å². The van der Waals surface area contributed by atoms with Gasteiger partial charge in [0.25, 0.3) is 7.48 Å². The minimum Gasteiger partial charge on any atom is -0.480 e. The Morgan fingerprint density at radius 3 is 2.82 bits per heavy atom. The molecule has 5 heteroatoms. The first-order valence-electron chi connectivity index (χ1n) is 3.55. The van der Waals surface area contributed by atoms with Crippen molar-refractivity contribution in [3.8, 4) is 0 Å². The highest BCUT2D eigenvalue weighted by Gasteiger charge is 2.14. The lowest BCUT2D eigenvalue weighted by molar-refractivity contribution is -0.138. The third-order valence-corrected chi connectivity index (χ3v) is 1.26. The fourth-order valence-corrected chi connectivity index (χ4v) is 0.624. The number of rotatable bonds is 6. The minimum absolute atomic E-state index is 0.389. The molecule has 0 amide bonds. The van der Waals surface area contributed by atoms with Crippen molar-refractivity contribution >= 4 is 13.5 Å². The van der Waals surface area contributed by atoms with Gasteiger partial charge in [-0.15, -0.1) is 0 Å². The highest BCUT2D eigenvalue weighted by molar-refractivity contribution is 6.28. The monoisotopic (exact) mass is 158 g/mol. The van der Waals surface area contributed by atoms with E-state index in [-0.39, 0.29) is 0 Å². The first-order valence-corrected chi connectivity index (χ1v) is 3.55. The van der Waals surface area contributed by atoms with E-state index in [1.54, 1.807) is 7.05 Å². The van der Waals surface area contributed by atoms with E-state index in [4.69, 9.17) is 9.76 Å². The van der Waals surface area contributed by atoms with Gasteiger partial charge in [-0.3, -0.25) is 4.79 Å². The van der Waals surface area contributed by atoms with Gasteiger partial charge >= 0.3 is 5.97 Å². The van der Waals surface area contributed by atoms with Gasteiger partial charge in [0, 0.05) is 6.61 Å². The van der Waals surface area contributed by atoms with E-state index >= 15 is 0 Å². The van der Waals surface area contributed by atoms with Crippen molar-refractivity contribution in [2.45, 2.75) is 19.3 Å². The van der Waals surface area contributed by atoms with Crippen LogP contribution in [-0.2, 0) is 9.45 Å². The summed E-state index contributed by atoms with van der Waals surface area (Å²) in [5.74, 6) is -0.858. The Bertz CT molecular complexity index is 120. The van der Waals surface area contributed by atoms with Crippen molar-refractivity contribution in [2.75, 3.05) is 13.7 Å². The third-order valence-electron chi connectivity index (χ3n) is 1.26. The summed E-state index contributed by atoms with van der Waals surface area (Å²) in [4.78, 5) is 10.4. The Hall–Kier alpha value is -0.545. The van der Waals surface area contributed by atoms with Gasteiger partial charge < -0.3 is 15.1 Å². The van der Waals surface area contributed by atoms with Crippen LogP contribution in [0.25, 0.3) is 0 Å². The maximum absolute atomic E-state index is 10.4. The first kappa shape index (κ1) is 10.5. The van der Waals surface area contributed by atoms with E-state index in [1.807, 2.05) is 6.92 Å². The van der Waals surface area contributed by atoms with Gasteiger partial charge in [0.15, 0.2) is 0 Å². The quantitative estimate of drug-likeness (QED) is 0.412. The average Bonchev–Trinajstić information content (AvgIpc) is 1.97. The van der Waals surface area contributed by atoms with Crippen LogP contribution in [0, 0.1) is 0 Å². The Morgan fingerprint density at radius 1 is 1.82 bits per heavy atom. The molecule has 0 rings (SSSR count). The van der Waals surface area contributed by atoms with Gasteiger partial charge in [0.2, 0.25) is 0 Å². The van der Waals surface area contributed by atoms with Crippen LogP contribution in [0.5, 0.6) is 0 Å². The molecule has 0 aliphatic carbocycles. The van der Waals surface area contributed by atoms with Crippen LogP contribution in [0.1, 0.15) is 6.92 Å². The van der Waals surface area contributed by atoms with Crippen LogP contribution in [0.4, 0.5) is 0 Å². The number of carboxylic acids is 1. The van der Waals surface area contributed by atoms with Gasteiger partial charge in [-0.2, -0.15) is 0 Å². The summed E-state index contributed by atoms with van der Waals surface area (Å²) < 4.78 is 4.89. The van der Waals surface area contributed by atoms with Crippen molar-refractivity contribution in [1.82, 2.24) is 5.32 Å². The molecule has 0 saturated carbocycles. The average molecular weight is 158 g/mol. The molecule has 2 N–H and O–H groups in total. The van der Waals surface area contributed by atoms with E-state index in [9.17, 15) is 4.79 Å². The molecule has 63 valence electrons. The zero-order valence-corrected chi connectivity index (χ0v) is 6.83. The molecule has 4 nitrogen and oxygen atoms in total. The van der Waals surface area contributed by atoms with Crippen LogP contribution in [0.15, 0.2) is 0 Å². The first-order chi connectivity index (χ1) is 5.22. The number of nitrogens with one attached hydrogen (secondary N) is 1. The smallest absolute Gasteiger partial charge is 0.320 e. The lowest BCUT2D eigenvalue weighted by Crippen LogP contribution is -2.34. The summed E-state index contributed by atoms with van der Waals surface area (Å²) in [5.41, 5.74) is 0. The zero-order valence-electron chi connectivity index (χ0n) is 6.83. The largest absolute Gasteiger partial charge is 0.480 e. The van der Waals surface area contributed by atoms with Gasteiger partial charge in [0.1, 0.15) is 6.04 Å². The standard InChI is InChI=1S/C6H13BNO3/c1-3-11-7-4-5(8-2)6(9)10/h5,8H,3-4H2,1-2H3,(H,9,10). The van der Waals surface area contributed by atoms with Crippen LogP contribution in [0.3, 0.4) is 0 Å². The molecule has 0 spiro atoms. The van der Waals surface area contributed by atoms with E-state index in [0.717, 1.165) is 0 Å². The van der Waals surface area contributed by atoms with Crippen molar-refractivity contribution in [2.24, 2.45) is 0 Å². The molecule has 0 bridgehead atoms. The second kappa shape index (κ2) is 6.18. The van der Waals surface area contributed by atoms with Gasteiger partial charge in [-0.25, -0.2) is 0 Å². The summed E-state index contributed by atoms with van der Waals surface area (Å²) in [6.07, 6.45) is 0.389. The fourth-order valence-electron chi connectivity index (χ4n) is 0.624. The van der Waals surface area contributed by atoms with Crippen LogP contribution in [0.2, 0.25) is 6.32 Å². The van der Waals surface area contributed by atoms with Crippen LogP contribution in [-0.4, -0.2) is 38.3 Å². The summed E-state index contributed by atoms with van der Waals surface area (Å²) in [6.45, 7) is 2.43. The predicted octanol–water partition coefficient (Wildman–Crippen LogP) is -0.267. The lowest BCUT2D eigenvalue weighted by atomic mass is 9.89. The second-order valence-electron chi connectivity index (χ2n) is 2.04. The minimum atomic E-state index is -0.858. The fraction of sp³-hybridized carbons (Fsp3) is 0.833. The highest BCUT2D eigenvalue weighted by atomic mass is 16.4. The number of hydrogen-bond donors (Lipinski definition) is 2. The van der Waals surface area contributed by atoms with Crippen LogP contribution < -0.4 is 5.32 Å². The molecular weight excluding hydrogens is 145 g/mol. The topological polar surface area (TPSA) is 58.6 Å². The predicted molar refractivity (Wildman–Crippen MR) is 42.7 cm³/mol.